The van der Waals surface area contributed by atoms with Crippen LogP contribution in [0.25, 0.3) is 0 Å². The number of hydrogen-bond donors (Lipinski definition) is 2. The first-order valence-electron chi connectivity index (χ1n) is 4.57. The lowest BCUT2D eigenvalue weighted by molar-refractivity contribution is 0.815. The Balaban J connectivity index is 2.55. The Bertz CT molecular complexity index is 365. The van der Waals surface area contributed by atoms with Gasteiger partial charge in [0.05, 0.1) is 0 Å². The summed E-state index contributed by atoms with van der Waals surface area (Å²) in [6.45, 7) is 5.67. The first-order valence-corrected chi connectivity index (χ1v) is 5.77. The molecule has 15 heavy (non-hydrogen) atoms. The quantitative estimate of drug-likeness (QED) is 0.658. The van der Waals surface area contributed by atoms with E-state index in [0.29, 0.717) is 5.11 Å². The van der Waals surface area contributed by atoms with Crippen molar-refractivity contribution in [3.05, 3.63) is 41.4 Å². The van der Waals surface area contributed by atoms with Gasteiger partial charge in [-0.05, 0) is 37.3 Å². The molecule has 0 aromatic heterocycles. The highest BCUT2D eigenvalue weighted by Crippen LogP contribution is 2.15. The van der Waals surface area contributed by atoms with Crippen LogP contribution in [0.3, 0.4) is 0 Å². The minimum Gasteiger partial charge on any atom is -0.357 e. The highest BCUT2D eigenvalue weighted by molar-refractivity contribution is 9.10. The summed E-state index contributed by atoms with van der Waals surface area (Å²) in [5, 5.41) is 6.77. The normalized spacial score (nSPS) is 11.6. The summed E-state index contributed by atoms with van der Waals surface area (Å²) in [7, 11) is 0. The van der Waals surface area contributed by atoms with Crippen molar-refractivity contribution in [3.8, 4) is 0 Å². The lowest BCUT2D eigenvalue weighted by Gasteiger charge is -2.13. The zero-order valence-electron chi connectivity index (χ0n) is 8.46. The third-order valence-electron chi connectivity index (χ3n) is 1.79. The molecule has 1 unspecified atom stereocenters. The molecule has 2 N–H and O–H groups in total. The van der Waals surface area contributed by atoms with Gasteiger partial charge in [0.15, 0.2) is 5.11 Å². The van der Waals surface area contributed by atoms with E-state index in [4.69, 9.17) is 12.2 Å². The van der Waals surface area contributed by atoms with Crippen molar-refractivity contribution >= 4 is 38.9 Å². The van der Waals surface area contributed by atoms with Gasteiger partial charge in [-0.25, -0.2) is 0 Å². The molecule has 1 aromatic rings. The smallest absolute Gasteiger partial charge is 0.171 e. The molecule has 0 fully saturated rings. The van der Waals surface area contributed by atoms with Crippen LogP contribution in [0, 0.1) is 0 Å². The fraction of sp³-hybridized carbons (Fsp3) is 0.182. The highest BCUT2D eigenvalue weighted by Gasteiger charge is 2.00. The standard InChI is InChI=1S/C11H13BrN2S/c1-3-8(2)13-11(15)14-10-6-4-5-9(12)7-10/h3-8H,1H2,2H3,(H2,13,14,15). The number of thiocarbonyl (C=S) groups is 1. The lowest BCUT2D eigenvalue weighted by atomic mass is 10.3. The average Bonchev–Trinajstić information content (AvgIpc) is 2.17. The van der Waals surface area contributed by atoms with E-state index in [1.165, 1.54) is 0 Å². The predicted octanol–water partition coefficient (Wildman–Crippen LogP) is 3.31. The molecule has 0 heterocycles. The fourth-order valence-electron chi connectivity index (χ4n) is 0.999. The summed E-state index contributed by atoms with van der Waals surface area (Å²) in [6.07, 6.45) is 1.80. The van der Waals surface area contributed by atoms with Crippen LogP contribution in [-0.2, 0) is 0 Å². The Kier molecular flexibility index (Phi) is 4.78. The second-order valence-corrected chi connectivity index (χ2v) is 4.46. The molecule has 1 rings (SSSR count). The first-order chi connectivity index (χ1) is 7.11. The van der Waals surface area contributed by atoms with Crippen LogP contribution in [0.4, 0.5) is 5.69 Å². The molecule has 0 aliphatic rings. The second-order valence-electron chi connectivity index (χ2n) is 3.13. The summed E-state index contributed by atoms with van der Waals surface area (Å²) in [4.78, 5) is 0. The predicted molar refractivity (Wildman–Crippen MR) is 73.2 cm³/mol. The van der Waals surface area contributed by atoms with Gasteiger partial charge in [0, 0.05) is 16.2 Å². The number of rotatable bonds is 3. The van der Waals surface area contributed by atoms with E-state index < -0.39 is 0 Å². The van der Waals surface area contributed by atoms with Crippen LogP contribution in [0.15, 0.2) is 41.4 Å². The molecule has 0 aliphatic heterocycles. The molecule has 0 radical (unpaired) electrons. The monoisotopic (exact) mass is 284 g/mol. The van der Waals surface area contributed by atoms with E-state index in [9.17, 15) is 0 Å². The van der Waals surface area contributed by atoms with Crippen molar-refractivity contribution < 1.29 is 0 Å². The minimum absolute atomic E-state index is 0.164. The highest BCUT2D eigenvalue weighted by atomic mass is 79.9. The molecular formula is C11H13BrN2S. The molecule has 4 heteroatoms. The van der Waals surface area contributed by atoms with Gasteiger partial charge in [0.1, 0.15) is 0 Å². The number of benzene rings is 1. The van der Waals surface area contributed by atoms with Crippen molar-refractivity contribution in [3.63, 3.8) is 0 Å². The Morgan fingerprint density at radius 2 is 2.33 bits per heavy atom. The van der Waals surface area contributed by atoms with Crippen LogP contribution < -0.4 is 10.6 Å². The van der Waals surface area contributed by atoms with E-state index >= 15 is 0 Å². The zero-order valence-corrected chi connectivity index (χ0v) is 10.9. The topological polar surface area (TPSA) is 24.1 Å². The fourth-order valence-corrected chi connectivity index (χ4v) is 1.70. The van der Waals surface area contributed by atoms with Crippen LogP contribution in [0.2, 0.25) is 0 Å². The Morgan fingerprint density at radius 1 is 1.60 bits per heavy atom. The number of anilines is 1. The molecule has 0 aliphatic carbocycles. The summed E-state index contributed by atoms with van der Waals surface area (Å²) in [5.41, 5.74) is 0.957. The van der Waals surface area contributed by atoms with Gasteiger partial charge in [0.2, 0.25) is 0 Å². The summed E-state index contributed by atoms with van der Waals surface area (Å²) >= 11 is 8.53. The van der Waals surface area contributed by atoms with Gasteiger partial charge in [-0.2, -0.15) is 0 Å². The molecule has 2 nitrogen and oxygen atoms in total. The van der Waals surface area contributed by atoms with E-state index in [1.54, 1.807) is 6.08 Å². The van der Waals surface area contributed by atoms with Gasteiger partial charge < -0.3 is 10.6 Å². The molecule has 1 atom stereocenters. The van der Waals surface area contributed by atoms with E-state index in [0.717, 1.165) is 10.2 Å². The molecule has 0 bridgehead atoms. The maximum absolute atomic E-state index is 5.14. The molecule has 0 saturated carbocycles. The van der Waals surface area contributed by atoms with Crippen molar-refractivity contribution in [2.75, 3.05) is 5.32 Å². The third kappa shape index (κ3) is 4.44. The van der Waals surface area contributed by atoms with Crippen LogP contribution >= 0.6 is 28.1 Å². The van der Waals surface area contributed by atoms with Crippen molar-refractivity contribution in [1.29, 1.82) is 0 Å². The second kappa shape index (κ2) is 5.88. The summed E-state index contributed by atoms with van der Waals surface area (Å²) in [5.74, 6) is 0. The Morgan fingerprint density at radius 3 is 2.93 bits per heavy atom. The molecular weight excluding hydrogens is 272 g/mol. The van der Waals surface area contributed by atoms with Crippen molar-refractivity contribution in [1.82, 2.24) is 5.32 Å². The SMILES string of the molecule is C=CC(C)NC(=S)Nc1cccc(Br)c1. The number of hydrogen-bond acceptors (Lipinski definition) is 1. The van der Waals surface area contributed by atoms with Gasteiger partial charge >= 0.3 is 0 Å². The largest absolute Gasteiger partial charge is 0.357 e. The third-order valence-corrected chi connectivity index (χ3v) is 2.51. The molecule has 1 aromatic carbocycles. The first kappa shape index (κ1) is 12.2. The lowest BCUT2D eigenvalue weighted by Crippen LogP contribution is -2.34. The van der Waals surface area contributed by atoms with Crippen LogP contribution in [0.1, 0.15) is 6.92 Å². The van der Waals surface area contributed by atoms with Crippen LogP contribution in [-0.4, -0.2) is 11.2 Å². The van der Waals surface area contributed by atoms with Gasteiger partial charge in [-0.3, -0.25) is 0 Å². The van der Waals surface area contributed by atoms with E-state index in [-0.39, 0.29) is 6.04 Å². The van der Waals surface area contributed by atoms with Gasteiger partial charge in [-0.1, -0.05) is 28.1 Å². The van der Waals surface area contributed by atoms with Gasteiger partial charge in [-0.15, -0.1) is 6.58 Å². The zero-order chi connectivity index (χ0) is 11.3. The Labute approximate surface area is 104 Å². The maximum Gasteiger partial charge on any atom is 0.171 e. The van der Waals surface area contributed by atoms with Crippen LogP contribution in [0.5, 0.6) is 0 Å². The molecule has 0 saturated heterocycles. The van der Waals surface area contributed by atoms with Gasteiger partial charge in [0.25, 0.3) is 0 Å². The maximum atomic E-state index is 5.14. The van der Waals surface area contributed by atoms with Crippen molar-refractivity contribution in [2.45, 2.75) is 13.0 Å². The number of halogens is 1. The molecule has 80 valence electrons. The van der Waals surface area contributed by atoms with E-state index in [2.05, 4.69) is 33.1 Å². The average molecular weight is 285 g/mol. The number of nitrogens with one attached hydrogen (secondary N) is 2. The molecule has 0 amide bonds. The van der Waals surface area contributed by atoms with E-state index in [1.807, 2.05) is 31.2 Å². The minimum atomic E-state index is 0.164. The molecule has 0 spiro atoms. The summed E-state index contributed by atoms with van der Waals surface area (Å²) < 4.78 is 1.02. The summed E-state index contributed by atoms with van der Waals surface area (Å²) in [6, 6.07) is 8.00. The Hall–Kier alpha value is -0.870. The van der Waals surface area contributed by atoms with Crippen molar-refractivity contribution in [2.24, 2.45) is 0 Å².